The molecule has 1 saturated heterocycles. The highest BCUT2D eigenvalue weighted by atomic mass is 32.2. The van der Waals surface area contributed by atoms with Gasteiger partial charge in [0.25, 0.3) is 5.91 Å². The van der Waals surface area contributed by atoms with E-state index >= 15 is 0 Å². The van der Waals surface area contributed by atoms with Gasteiger partial charge in [-0.1, -0.05) is 19.9 Å². The molecule has 3 heterocycles. The van der Waals surface area contributed by atoms with Crippen molar-refractivity contribution in [3.63, 3.8) is 0 Å². The van der Waals surface area contributed by atoms with E-state index in [1.807, 2.05) is 52.0 Å². The monoisotopic (exact) mass is 705 g/mol. The molecule has 15 heteroatoms. The number of fused-ring (bicyclic) bond motifs is 1. The molecule has 3 amide bonds. The second kappa shape index (κ2) is 13.5. The molecule has 14 nitrogen and oxygen atoms in total. The summed E-state index contributed by atoms with van der Waals surface area (Å²) in [5.74, 6) is -1.21. The number of methoxy groups -OCH3 is 1. The summed E-state index contributed by atoms with van der Waals surface area (Å²) in [6.07, 6.45) is 3.72. The molecule has 266 valence electrons. The average molecular weight is 706 g/mol. The molecule has 2 saturated carbocycles. The molecule has 3 aromatic rings. The first-order valence-corrected chi connectivity index (χ1v) is 18.3. The Morgan fingerprint density at radius 2 is 1.82 bits per heavy atom. The normalized spacial score (nSPS) is 23.6. The van der Waals surface area contributed by atoms with Crippen LogP contribution in [0.5, 0.6) is 11.6 Å². The zero-order valence-corrected chi connectivity index (χ0v) is 29.6. The molecule has 3 fully saturated rings. The molecule has 2 aromatic heterocycles. The van der Waals surface area contributed by atoms with Gasteiger partial charge in [-0.3, -0.25) is 19.1 Å². The largest absolute Gasteiger partial charge is 0.497 e. The summed E-state index contributed by atoms with van der Waals surface area (Å²) in [5, 5.41) is 6.95. The van der Waals surface area contributed by atoms with Crippen molar-refractivity contribution in [1.82, 2.24) is 29.9 Å². The molecule has 0 radical (unpaired) electrons. The molecule has 5 atom stereocenters. The summed E-state index contributed by atoms with van der Waals surface area (Å²) < 4.78 is 39.3. The number of nitrogens with one attached hydrogen (secondary N) is 3. The smallest absolute Gasteiger partial charge is 0.259 e. The molecule has 50 heavy (non-hydrogen) atoms. The number of likely N-dealkylation sites (tertiary alicyclic amines) is 1. The maximum Gasteiger partial charge on any atom is 0.259 e. The van der Waals surface area contributed by atoms with Crippen molar-refractivity contribution in [2.75, 3.05) is 19.0 Å². The van der Waals surface area contributed by atoms with Gasteiger partial charge in [0, 0.05) is 35.3 Å². The van der Waals surface area contributed by atoms with E-state index in [-0.39, 0.29) is 37.2 Å². The first-order chi connectivity index (χ1) is 23.7. The second-order valence-electron chi connectivity index (χ2n) is 13.7. The van der Waals surface area contributed by atoms with Crippen LogP contribution in [-0.4, -0.2) is 88.6 Å². The maximum atomic E-state index is 14.4. The fourth-order valence-electron chi connectivity index (χ4n) is 6.52. The van der Waals surface area contributed by atoms with Crippen LogP contribution in [0.15, 0.2) is 49.2 Å². The number of sulfonamides is 1. The van der Waals surface area contributed by atoms with E-state index in [0.717, 1.165) is 22.2 Å². The van der Waals surface area contributed by atoms with Crippen LogP contribution in [0, 0.1) is 25.7 Å². The van der Waals surface area contributed by atoms with Crippen molar-refractivity contribution in [3.05, 3.63) is 60.6 Å². The molecule has 3 N–H and O–H groups in total. The number of aromatic nitrogens is 3. The van der Waals surface area contributed by atoms with Gasteiger partial charge in [0.05, 0.1) is 18.9 Å². The predicted molar refractivity (Wildman–Crippen MR) is 186 cm³/mol. The van der Waals surface area contributed by atoms with Gasteiger partial charge in [-0.25, -0.2) is 23.4 Å². The Morgan fingerprint density at radius 1 is 1.10 bits per heavy atom. The van der Waals surface area contributed by atoms with E-state index in [0.29, 0.717) is 24.5 Å². The average Bonchev–Trinajstić information content (AvgIpc) is 3.99. The highest BCUT2D eigenvalue weighted by molar-refractivity contribution is 7.91. The highest BCUT2D eigenvalue weighted by Crippen LogP contribution is 2.45. The van der Waals surface area contributed by atoms with E-state index in [9.17, 15) is 22.8 Å². The van der Waals surface area contributed by atoms with Gasteiger partial charge < -0.3 is 25.0 Å². The Hall–Kier alpha value is -4.79. The minimum atomic E-state index is -3.87. The molecule has 1 unspecified atom stereocenters. The Balaban J connectivity index is 1.29. The van der Waals surface area contributed by atoms with E-state index in [1.54, 1.807) is 19.4 Å². The van der Waals surface area contributed by atoms with Gasteiger partial charge in [0.2, 0.25) is 33.7 Å². The van der Waals surface area contributed by atoms with Crippen LogP contribution < -0.4 is 24.8 Å². The van der Waals surface area contributed by atoms with Crippen LogP contribution in [-0.2, 0) is 24.4 Å². The third-order valence-electron chi connectivity index (χ3n) is 9.51. The molecule has 1 aliphatic heterocycles. The van der Waals surface area contributed by atoms with Crippen LogP contribution in [0.3, 0.4) is 0 Å². The quantitative estimate of drug-likeness (QED) is 0.223. The summed E-state index contributed by atoms with van der Waals surface area (Å²) in [5.41, 5.74) is -0.0427. The van der Waals surface area contributed by atoms with Gasteiger partial charge in [-0.05, 0) is 74.7 Å². The van der Waals surface area contributed by atoms with Crippen molar-refractivity contribution in [3.8, 4) is 11.6 Å². The van der Waals surface area contributed by atoms with Gasteiger partial charge in [-0.15, -0.1) is 6.58 Å². The third-order valence-corrected chi connectivity index (χ3v) is 11.3. The zero-order chi connectivity index (χ0) is 36.0. The lowest BCUT2D eigenvalue weighted by atomic mass is 10.0. The molecule has 6 rings (SSSR count). The van der Waals surface area contributed by atoms with Gasteiger partial charge in [-0.2, -0.15) is 0 Å². The molecule has 3 aliphatic rings. The van der Waals surface area contributed by atoms with Crippen LogP contribution >= 0.6 is 0 Å². The van der Waals surface area contributed by atoms with Gasteiger partial charge in [0.1, 0.15) is 29.5 Å². The van der Waals surface area contributed by atoms with Gasteiger partial charge in [0.15, 0.2) is 0 Å². The number of amides is 3. The third kappa shape index (κ3) is 7.09. The SMILES string of the molecule is C=C[C@@H]1C[C@]1(NC(=O)[C@@H]1C[C@@H](Oc2nccc3cc(OC)ccc23)CN1C(=O)C(Nc1nc(C)cc(C)n1)C(C)C)C(=O)NS(=O)(=O)C1CC1. The van der Waals surface area contributed by atoms with Crippen molar-refractivity contribution in [2.45, 2.75) is 82.4 Å². The lowest BCUT2D eigenvalue weighted by molar-refractivity contribution is -0.140. The van der Waals surface area contributed by atoms with Crippen molar-refractivity contribution in [1.29, 1.82) is 0 Å². The van der Waals surface area contributed by atoms with Crippen molar-refractivity contribution >= 4 is 44.5 Å². The highest BCUT2D eigenvalue weighted by Gasteiger charge is 2.62. The number of pyridine rings is 1. The summed E-state index contributed by atoms with van der Waals surface area (Å²) in [4.78, 5) is 56.9. The summed E-state index contributed by atoms with van der Waals surface area (Å²) in [6.45, 7) is 11.3. The van der Waals surface area contributed by atoms with Crippen LogP contribution in [0.1, 0.15) is 50.9 Å². The number of benzene rings is 1. The maximum absolute atomic E-state index is 14.4. The number of hydrogen-bond donors (Lipinski definition) is 3. The van der Waals surface area contributed by atoms with E-state index < -0.39 is 56.7 Å². The minimum absolute atomic E-state index is 0.0455. The fraction of sp³-hybridized carbons (Fsp3) is 0.486. The van der Waals surface area contributed by atoms with Crippen LogP contribution in [0.25, 0.3) is 10.8 Å². The number of carbonyl (C=O) groups excluding carboxylic acids is 3. The molecule has 1 aromatic carbocycles. The van der Waals surface area contributed by atoms with Crippen molar-refractivity contribution in [2.24, 2.45) is 11.8 Å². The number of nitrogens with zero attached hydrogens (tertiary/aromatic N) is 4. The molecular weight excluding hydrogens is 662 g/mol. The molecule has 0 spiro atoms. The Kier molecular flexibility index (Phi) is 9.46. The van der Waals surface area contributed by atoms with Crippen LogP contribution in [0.4, 0.5) is 5.95 Å². The summed E-state index contributed by atoms with van der Waals surface area (Å²) >= 11 is 0. The predicted octanol–water partition coefficient (Wildman–Crippen LogP) is 2.80. The number of anilines is 1. The first kappa shape index (κ1) is 35.1. The lowest BCUT2D eigenvalue weighted by Crippen LogP contribution is -2.58. The molecule has 2 aliphatic carbocycles. The van der Waals surface area contributed by atoms with E-state index in [2.05, 4.69) is 36.9 Å². The van der Waals surface area contributed by atoms with Crippen molar-refractivity contribution < 1.29 is 32.3 Å². The van der Waals surface area contributed by atoms with Crippen LogP contribution in [0.2, 0.25) is 0 Å². The first-order valence-electron chi connectivity index (χ1n) is 16.7. The fourth-order valence-corrected chi connectivity index (χ4v) is 7.89. The Morgan fingerprint density at radius 3 is 2.44 bits per heavy atom. The summed E-state index contributed by atoms with van der Waals surface area (Å²) in [7, 11) is -2.28. The molecule has 0 bridgehead atoms. The Bertz CT molecular complexity index is 1930. The number of hydrogen-bond acceptors (Lipinski definition) is 11. The minimum Gasteiger partial charge on any atom is -0.497 e. The standard InChI is InChI=1S/C35H43N7O7S/c1-7-23-17-35(23,33(45)41-50(46,47)26-9-10-26)40-30(43)28-16-25(49-31-27-11-8-24(48-6)15-22(27)12-13-36-31)18-42(28)32(44)29(19(2)3)39-34-37-20(4)14-21(5)38-34/h7-8,11-15,19,23,25-26,28-29H,1,9-10,16-18H2,2-6H3,(H,40,43)(H,41,45)(H,37,38,39)/t23-,25-,28+,29?,35-/m1/s1. The number of rotatable bonds is 13. The number of ether oxygens (including phenoxy) is 2. The Labute approximate surface area is 291 Å². The summed E-state index contributed by atoms with van der Waals surface area (Å²) in [6, 6.07) is 7.29. The number of aryl methyl sites for hydroxylation is 2. The lowest BCUT2D eigenvalue weighted by Gasteiger charge is -2.31. The zero-order valence-electron chi connectivity index (χ0n) is 28.8. The number of carbonyl (C=O) groups is 3. The molecular formula is C35H43N7O7S. The van der Waals surface area contributed by atoms with E-state index in [4.69, 9.17) is 9.47 Å². The van der Waals surface area contributed by atoms with E-state index in [1.165, 1.54) is 11.0 Å². The second-order valence-corrected chi connectivity index (χ2v) is 15.7. The topological polar surface area (TPSA) is 182 Å². The van der Waals surface area contributed by atoms with Gasteiger partial charge >= 0.3 is 0 Å².